The smallest absolute Gasteiger partial charge is 0.139 e. The van der Waals surface area contributed by atoms with Gasteiger partial charge in [0.1, 0.15) is 17.5 Å². The first kappa shape index (κ1) is 11.5. The van der Waals surface area contributed by atoms with Crippen LogP contribution >= 0.6 is 0 Å². The summed E-state index contributed by atoms with van der Waals surface area (Å²) in [6.45, 7) is 4.30. The molecule has 13 heavy (non-hydrogen) atoms. The number of nitrogens with two attached hydrogens (primary N) is 1. The molecule has 0 saturated carbocycles. The summed E-state index contributed by atoms with van der Waals surface area (Å²) in [4.78, 5) is 0. The fourth-order valence-electron chi connectivity index (χ4n) is 0.754. The van der Waals surface area contributed by atoms with E-state index in [-0.39, 0.29) is 6.61 Å². The standard InChI is InChI=1S/C6H8N4O.C2H6/c7-3-5-4-9-10(1-2-11)6(5)8;1-2/h4,11H,1-2,8H2;1-2H3. The van der Waals surface area contributed by atoms with Crippen molar-refractivity contribution in [3.63, 3.8) is 0 Å². The molecule has 0 aromatic carbocycles. The van der Waals surface area contributed by atoms with Crippen molar-refractivity contribution in [1.82, 2.24) is 9.78 Å². The van der Waals surface area contributed by atoms with Crippen LogP contribution in [0.4, 0.5) is 5.82 Å². The minimum atomic E-state index is -0.0310. The van der Waals surface area contributed by atoms with Crippen molar-refractivity contribution >= 4 is 5.82 Å². The first-order valence-corrected chi connectivity index (χ1v) is 4.12. The second kappa shape index (κ2) is 6.03. The Morgan fingerprint density at radius 2 is 2.31 bits per heavy atom. The van der Waals surface area contributed by atoms with E-state index in [1.54, 1.807) is 0 Å². The van der Waals surface area contributed by atoms with E-state index in [0.29, 0.717) is 17.9 Å². The molecule has 0 aliphatic carbocycles. The Morgan fingerprint density at radius 1 is 1.69 bits per heavy atom. The van der Waals surface area contributed by atoms with Crippen LogP contribution in [0.25, 0.3) is 0 Å². The molecular formula is C8H14N4O. The number of aliphatic hydroxyl groups excluding tert-OH is 1. The maximum atomic E-state index is 8.53. The van der Waals surface area contributed by atoms with Crippen molar-refractivity contribution < 1.29 is 5.11 Å². The van der Waals surface area contributed by atoms with Gasteiger partial charge in [-0.15, -0.1) is 0 Å². The van der Waals surface area contributed by atoms with Crippen molar-refractivity contribution in [3.8, 4) is 6.07 Å². The van der Waals surface area contributed by atoms with Gasteiger partial charge in [-0.05, 0) is 0 Å². The molecule has 0 bridgehead atoms. The Kier molecular flexibility index (Phi) is 5.32. The summed E-state index contributed by atoms with van der Waals surface area (Å²) in [6, 6.07) is 1.88. The quantitative estimate of drug-likeness (QED) is 0.691. The first-order chi connectivity index (χ1) is 6.29. The van der Waals surface area contributed by atoms with E-state index >= 15 is 0 Å². The molecule has 1 aromatic rings. The van der Waals surface area contributed by atoms with Gasteiger partial charge in [-0.25, -0.2) is 4.68 Å². The summed E-state index contributed by atoms with van der Waals surface area (Å²) >= 11 is 0. The number of nitriles is 1. The normalized spacial score (nSPS) is 8.46. The van der Waals surface area contributed by atoms with E-state index in [1.165, 1.54) is 10.9 Å². The Morgan fingerprint density at radius 3 is 2.69 bits per heavy atom. The highest BCUT2D eigenvalue weighted by atomic mass is 16.3. The lowest BCUT2D eigenvalue weighted by Gasteiger charge is -1.98. The Hall–Kier alpha value is -1.54. The molecule has 0 radical (unpaired) electrons. The predicted octanol–water partition coefficient (Wildman–Crippen LogP) is 0.355. The van der Waals surface area contributed by atoms with Crippen LogP contribution in [0.2, 0.25) is 0 Å². The van der Waals surface area contributed by atoms with Gasteiger partial charge in [-0.3, -0.25) is 0 Å². The van der Waals surface area contributed by atoms with Gasteiger partial charge < -0.3 is 10.8 Å². The molecule has 0 atom stereocenters. The van der Waals surface area contributed by atoms with Gasteiger partial charge in [0.2, 0.25) is 0 Å². The first-order valence-electron chi connectivity index (χ1n) is 4.12. The average molecular weight is 182 g/mol. The monoisotopic (exact) mass is 182 g/mol. The van der Waals surface area contributed by atoms with Crippen molar-refractivity contribution in [1.29, 1.82) is 5.26 Å². The van der Waals surface area contributed by atoms with E-state index in [0.717, 1.165) is 0 Å². The van der Waals surface area contributed by atoms with Gasteiger partial charge in [0.05, 0.1) is 19.3 Å². The number of anilines is 1. The van der Waals surface area contributed by atoms with Crippen molar-refractivity contribution in [2.75, 3.05) is 12.3 Å². The highest BCUT2D eigenvalue weighted by molar-refractivity contribution is 5.47. The third-order valence-corrected chi connectivity index (χ3v) is 1.31. The van der Waals surface area contributed by atoms with Gasteiger partial charge in [0, 0.05) is 0 Å². The summed E-state index contributed by atoms with van der Waals surface area (Å²) in [6.07, 6.45) is 1.38. The number of nitrogens with zero attached hydrogens (tertiary/aromatic N) is 3. The zero-order valence-electron chi connectivity index (χ0n) is 7.86. The number of nitrogen functional groups attached to an aromatic ring is 1. The number of aromatic nitrogens is 2. The molecule has 3 N–H and O–H groups in total. The second-order valence-corrected chi connectivity index (χ2v) is 2.00. The van der Waals surface area contributed by atoms with E-state index in [2.05, 4.69) is 5.10 Å². The van der Waals surface area contributed by atoms with E-state index in [1.807, 2.05) is 19.9 Å². The van der Waals surface area contributed by atoms with Crippen LogP contribution in [0.15, 0.2) is 6.20 Å². The highest BCUT2D eigenvalue weighted by Gasteiger charge is 2.04. The van der Waals surface area contributed by atoms with Gasteiger partial charge in [0.15, 0.2) is 0 Å². The molecule has 5 nitrogen and oxygen atoms in total. The van der Waals surface area contributed by atoms with Crippen molar-refractivity contribution in [2.24, 2.45) is 0 Å². The second-order valence-electron chi connectivity index (χ2n) is 2.00. The molecule has 0 saturated heterocycles. The lowest BCUT2D eigenvalue weighted by atomic mass is 10.4. The number of rotatable bonds is 2. The molecule has 0 unspecified atom stereocenters. The Balaban J connectivity index is 0.000000671. The zero-order chi connectivity index (χ0) is 10.3. The summed E-state index contributed by atoms with van der Waals surface area (Å²) < 4.78 is 1.39. The maximum absolute atomic E-state index is 8.53. The van der Waals surface area contributed by atoms with Crippen LogP contribution in [0.1, 0.15) is 19.4 Å². The lowest BCUT2D eigenvalue weighted by molar-refractivity contribution is 0.270. The van der Waals surface area contributed by atoms with E-state index in [4.69, 9.17) is 16.1 Å². The van der Waals surface area contributed by atoms with Crippen LogP contribution in [0, 0.1) is 11.3 Å². The summed E-state index contributed by atoms with van der Waals surface area (Å²) in [5.41, 5.74) is 5.81. The van der Waals surface area contributed by atoms with Crippen molar-refractivity contribution in [3.05, 3.63) is 11.8 Å². The van der Waals surface area contributed by atoms with Gasteiger partial charge >= 0.3 is 0 Å². The SMILES string of the molecule is CC.N#Cc1cnn(CCO)c1N. The average Bonchev–Trinajstić information content (AvgIpc) is 2.52. The molecular weight excluding hydrogens is 168 g/mol. The molecule has 72 valence electrons. The number of hydrogen-bond acceptors (Lipinski definition) is 4. The largest absolute Gasteiger partial charge is 0.394 e. The fourth-order valence-corrected chi connectivity index (χ4v) is 0.754. The minimum Gasteiger partial charge on any atom is -0.394 e. The van der Waals surface area contributed by atoms with Crippen LogP contribution in [0.3, 0.4) is 0 Å². The molecule has 0 fully saturated rings. The molecule has 1 aromatic heterocycles. The predicted molar refractivity (Wildman–Crippen MR) is 49.8 cm³/mol. The molecule has 1 rings (SSSR count). The fraction of sp³-hybridized carbons (Fsp3) is 0.500. The number of hydrogen-bond donors (Lipinski definition) is 2. The molecule has 0 amide bonds. The summed E-state index contributed by atoms with van der Waals surface area (Å²) in [5, 5.41) is 20.8. The highest BCUT2D eigenvalue weighted by Crippen LogP contribution is 2.07. The minimum absolute atomic E-state index is 0.0310. The van der Waals surface area contributed by atoms with Crippen molar-refractivity contribution in [2.45, 2.75) is 20.4 Å². The Bertz CT molecular complexity index is 287. The van der Waals surface area contributed by atoms with Gasteiger partial charge in [-0.1, -0.05) is 13.8 Å². The molecule has 0 aliphatic rings. The van der Waals surface area contributed by atoms with E-state index < -0.39 is 0 Å². The van der Waals surface area contributed by atoms with Crippen LogP contribution in [0.5, 0.6) is 0 Å². The van der Waals surface area contributed by atoms with Gasteiger partial charge in [0.25, 0.3) is 0 Å². The molecule has 5 heteroatoms. The molecule has 1 heterocycles. The van der Waals surface area contributed by atoms with E-state index in [9.17, 15) is 0 Å². The Labute approximate surface area is 77.4 Å². The molecule has 0 spiro atoms. The third-order valence-electron chi connectivity index (χ3n) is 1.31. The maximum Gasteiger partial charge on any atom is 0.139 e. The zero-order valence-corrected chi connectivity index (χ0v) is 7.86. The third kappa shape index (κ3) is 2.76. The van der Waals surface area contributed by atoms with Crippen LogP contribution < -0.4 is 5.73 Å². The number of aliphatic hydroxyl groups is 1. The topological polar surface area (TPSA) is 87.9 Å². The summed E-state index contributed by atoms with van der Waals surface area (Å²) in [7, 11) is 0. The summed E-state index contributed by atoms with van der Waals surface area (Å²) in [5.74, 6) is 0.307. The van der Waals surface area contributed by atoms with Crippen LogP contribution in [-0.2, 0) is 6.54 Å². The lowest BCUT2D eigenvalue weighted by Crippen LogP contribution is -2.07. The van der Waals surface area contributed by atoms with Gasteiger partial charge in [-0.2, -0.15) is 10.4 Å². The molecule has 0 aliphatic heterocycles. The van der Waals surface area contributed by atoms with Crippen LogP contribution in [-0.4, -0.2) is 21.5 Å².